The number of rotatable bonds is 6. The predicted molar refractivity (Wildman–Crippen MR) is 73.9 cm³/mol. The SMILES string of the molecule is CCN(CC(C)C(N)=NO)S(=O)(=O)c1cnc(C)s1. The molecule has 7 nitrogen and oxygen atoms in total. The van der Waals surface area contributed by atoms with Gasteiger partial charge in [-0.05, 0) is 6.92 Å². The number of amidine groups is 1. The average Bonchev–Trinajstić information content (AvgIpc) is 2.81. The van der Waals surface area contributed by atoms with Crippen LogP contribution in [0.25, 0.3) is 0 Å². The van der Waals surface area contributed by atoms with Crippen molar-refractivity contribution in [2.24, 2.45) is 16.8 Å². The highest BCUT2D eigenvalue weighted by atomic mass is 32.2. The van der Waals surface area contributed by atoms with Gasteiger partial charge in [-0.25, -0.2) is 13.4 Å². The molecule has 0 fully saturated rings. The van der Waals surface area contributed by atoms with Gasteiger partial charge in [-0.15, -0.1) is 11.3 Å². The maximum absolute atomic E-state index is 12.4. The Morgan fingerprint density at radius 1 is 1.68 bits per heavy atom. The quantitative estimate of drug-likeness (QED) is 0.350. The zero-order chi connectivity index (χ0) is 14.6. The molecule has 1 aromatic rings. The molecule has 9 heteroatoms. The molecule has 0 spiro atoms. The Morgan fingerprint density at radius 3 is 2.74 bits per heavy atom. The predicted octanol–water partition coefficient (Wildman–Crippen LogP) is 0.845. The van der Waals surface area contributed by atoms with Gasteiger partial charge < -0.3 is 10.9 Å². The van der Waals surface area contributed by atoms with Crippen molar-refractivity contribution < 1.29 is 13.6 Å². The molecule has 3 N–H and O–H groups in total. The molecule has 0 aliphatic carbocycles. The van der Waals surface area contributed by atoms with E-state index in [1.54, 1.807) is 20.8 Å². The molecular formula is C10H18N4O3S2. The standard InChI is InChI=1S/C10H18N4O3S2/c1-4-14(6-7(2)10(11)13-15)19(16,17)9-5-12-8(3)18-9/h5,7,15H,4,6H2,1-3H3,(H2,11,13). The lowest BCUT2D eigenvalue weighted by molar-refractivity contribution is 0.311. The molecule has 0 aliphatic rings. The minimum absolute atomic E-state index is 0.00846. The fourth-order valence-corrected chi connectivity index (χ4v) is 4.28. The summed E-state index contributed by atoms with van der Waals surface area (Å²) >= 11 is 1.13. The van der Waals surface area contributed by atoms with Gasteiger partial charge in [0.05, 0.1) is 11.2 Å². The van der Waals surface area contributed by atoms with Crippen molar-refractivity contribution in [3.05, 3.63) is 11.2 Å². The number of thiazole rings is 1. The van der Waals surface area contributed by atoms with E-state index in [0.29, 0.717) is 11.6 Å². The van der Waals surface area contributed by atoms with E-state index in [1.165, 1.54) is 10.5 Å². The molecular weight excluding hydrogens is 288 g/mol. The lowest BCUT2D eigenvalue weighted by Gasteiger charge is -2.22. The summed E-state index contributed by atoms with van der Waals surface area (Å²) in [5.41, 5.74) is 5.47. The summed E-state index contributed by atoms with van der Waals surface area (Å²) in [5.74, 6) is -0.358. The third-order valence-electron chi connectivity index (χ3n) is 2.64. The number of oxime groups is 1. The monoisotopic (exact) mass is 306 g/mol. The molecule has 1 heterocycles. The number of hydrogen-bond donors (Lipinski definition) is 2. The van der Waals surface area contributed by atoms with Crippen LogP contribution < -0.4 is 5.73 Å². The summed E-state index contributed by atoms with van der Waals surface area (Å²) in [7, 11) is -3.57. The molecule has 19 heavy (non-hydrogen) atoms. The first-order valence-corrected chi connectivity index (χ1v) is 7.98. The number of sulfonamides is 1. The average molecular weight is 306 g/mol. The largest absolute Gasteiger partial charge is 0.409 e. The van der Waals surface area contributed by atoms with Crippen molar-refractivity contribution in [3.63, 3.8) is 0 Å². The van der Waals surface area contributed by atoms with Crippen LogP contribution in [0.5, 0.6) is 0 Å². The maximum Gasteiger partial charge on any atom is 0.254 e. The van der Waals surface area contributed by atoms with Gasteiger partial charge in [-0.3, -0.25) is 0 Å². The van der Waals surface area contributed by atoms with E-state index in [2.05, 4.69) is 10.1 Å². The number of hydrogen-bond acceptors (Lipinski definition) is 6. The highest BCUT2D eigenvalue weighted by Gasteiger charge is 2.27. The molecule has 1 atom stereocenters. The van der Waals surface area contributed by atoms with Crippen LogP contribution in [0, 0.1) is 12.8 Å². The van der Waals surface area contributed by atoms with Crippen molar-refractivity contribution in [2.45, 2.75) is 25.0 Å². The maximum atomic E-state index is 12.4. The Hall–Kier alpha value is -1.19. The summed E-state index contributed by atoms with van der Waals surface area (Å²) in [6.07, 6.45) is 1.35. The molecule has 0 bridgehead atoms. The third kappa shape index (κ3) is 3.64. The number of nitrogens with zero attached hydrogens (tertiary/aromatic N) is 3. The molecule has 0 aliphatic heterocycles. The summed E-state index contributed by atoms with van der Waals surface area (Å²) < 4.78 is 26.3. The Labute approximate surface area is 116 Å². The smallest absolute Gasteiger partial charge is 0.254 e. The fourth-order valence-electron chi connectivity index (χ4n) is 1.48. The van der Waals surface area contributed by atoms with Crippen LogP contribution in [0.1, 0.15) is 18.9 Å². The topological polar surface area (TPSA) is 109 Å². The summed E-state index contributed by atoms with van der Waals surface area (Å²) in [6.45, 7) is 5.66. The van der Waals surface area contributed by atoms with Gasteiger partial charge in [0.15, 0.2) is 4.21 Å². The van der Waals surface area contributed by atoms with Crippen LogP contribution in [0.15, 0.2) is 15.6 Å². The van der Waals surface area contributed by atoms with Crippen molar-refractivity contribution in [2.75, 3.05) is 13.1 Å². The minimum atomic E-state index is -3.57. The van der Waals surface area contributed by atoms with Crippen molar-refractivity contribution in [1.82, 2.24) is 9.29 Å². The van der Waals surface area contributed by atoms with Crippen LogP contribution in [0.2, 0.25) is 0 Å². The molecule has 1 unspecified atom stereocenters. The fraction of sp³-hybridized carbons (Fsp3) is 0.600. The van der Waals surface area contributed by atoms with Gasteiger partial charge in [0.2, 0.25) is 0 Å². The highest BCUT2D eigenvalue weighted by Crippen LogP contribution is 2.22. The van der Waals surface area contributed by atoms with Crippen molar-refractivity contribution in [3.8, 4) is 0 Å². The third-order valence-corrected chi connectivity index (χ3v) is 5.94. The van der Waals surface area contributed by atoms with Gasteiger partial charge in [0.25, 0.3) is 10.0 Å². The molecule has 108 valence electrons. The van der Waals surface area contributed by atoms with E-state index in [4.69, 9.17) is 10.9 Å². The highest BCUT2D eigenvalue weighted by molar-refractivity contribution is 7.91. The van der Waals surface area contributed by atoms with Crippen LogP contribution in [-0.4, -0.2) is 41.8 Å². The lowest BCUT2D eigenvalue weighted by Crippen LogP contribution is -2.38. The van der Waals surface area contributed by atoms with E-state index >= 15 is 0 Å². The molecule has 0 saturated carbocycles. The van der Waals surface area contributed by atoms with E-state index < -0.39 is 10.0 Å². The van der Waals surface area contributed by atoms with Crippen molar-refractivity contribution >= 4 is 27.2 Å². The second-order valence-corrected chi connectivity index (χ2v) is 7.48. The van der Waals surface area contributed by atoms with E-state index in [9.17, 15) is 8.42 Å². The first kappa shape index (κ1) is 15.9. The summed E-state index contributed by atoms with van der Waals surface area (Å²) in [5, 5.41) is 12.2. The zero-order valence-electron chi connectivity index (χ0n) is 11.1. The van der Waals surface area contributed by atoms with Gasteiger partial charge in [0, 0.05) is 19.0 Å². The summed E-state index contributed by atoms with van der Waals surface area (Å²) in [6, 6.07) is 0. The second kappa shape index (κ2) is 6.31. The van der Waals surface area contributed by atoms with Crippen molar-refractivity contribution in [1.29, 1.82) is 0 Å². The van der Waals surface area contributed by atoms with Crippen LogP contribution in [0.3, 0.4) is 0 Å². The number of aromatic nitrogens is 1. The lowest BCUT2D eigenvalue weighted by atomic mass is 10.1. The first-order chi connectivity index (χ1) is 8.82. The Kier molecular flexibility index (Phi) is 5.27. The molecule has 1 aromatic heterocycles. The van der Waals surface area contributed by atoms with Gasteiger partial charge in [0.1, 0.15) is 5.84 Å². The van der Waals surface area contributed by atoms with Gasteiger partial charge in [-0.1, -0.05) is 19.0 Å². The zero-order valence-corrected chi connectivity index (χ0v) is 12.7. The van der Waals surface area contributed by atoms with Gasteiger partial charge in [-0.2, -0.15) is 4.31 Å². The Bertz CT molecular complexity index is 553. The number of nitrogens with two attached hydrogens (primary N) is 1. The van der Waals surface area contributed by atoms with Crippen LogP contribution in [0.4, 0.5) is 0 Å². The molecule has 0 radical (unpaired) electrons. The molecule has 0 amide bonds. The molecule has 0 saturated heterocycles. The van der Waals surface area contributed by atoms with E-state index in [1.807, 2.05) is 0 Å². The first-order valence-electron chi connectivity index (χ1n) is 5.72. The minimum Gasteiger partial charge on any atom is -0.409 e. The molecule has 1 rings (SSSR count). The Balaban J connectivity index is 2.97. The number of aryl methyl sites for hydroxylation is 1. The molecule has 0 aromatic carbocycles. The van der Waals surface area contributed by atoms with Crippen LogP contribution >= 0.6 is 11.3 Å². The second-order valence-electron chi connectivity index (χ2n) is 4.08. The van der Waals surface area contributed by atoms with E-state index in [-0.39, 0.29) is 22.5 Å². The van der Waals surface area contributed by atoms with Crippen LogP contribution in [-0.2, 0) is 10.0 Å². The summed E-state index contributed by atoms with van der Waals surface area (Å²) in [4.78, 5) is 3.95. The Morgan fingerprint density at radius 2 is 2.32 bits per heavy atom. The van der Waals surface area contributed by atoms with Gasteiger partial charge >= 0.3 is 0 Å². The van der Waals surface area contributed by atoms with E-state index in [0.717, 1.165) is 11.3 Å². The normalized spacial score (nSPS) is 14.8.